The first-order valence-electron chi connectivity index (χ1n) is 6.57. The molecule has 0 saturated carbocycles. The lowest BCUT2D eigenvalue weighted by Crippen LogP contribution is -2.42. The Bertz CT molecular complexity index is 484. The molecule has 2 rings (SSSR count). The summed E-state index contributed by atoms with van der Waals surface area (Å²) in [6.45, 7) is 4.29. The van der Waals surface area contributed by atoms with Crippen molar-refractivity contribution in [1.29, 1.82) is 0 Å². The number of hydrogen-bond acceptors (Lipinski definition) is 6. The molecule has 20 heavy (non-hydrogen) atoms. The first-order chi connectivity index (χ1) is 9.65. The molecular weight excluding hydrogens is 260 g/mol. The van der Waals surface area contributed by atoms with E-state index < -0.39 is 5.97 Å². The Hall–Kier alpha value is -1.79. The highest BCUT2D eigenvalue weighted by atomic mass is 16.5. The van der Waals surface area contributed by atoms with E-state index in [0.717, 1.165) is 26.2 Å². The molecule has 1 aliphatic rings. The lowest BCUT2D eigenvalue weighted by atomic mass is 10.1. The number of methoxy groups -OCH3 is 2. The Kier molecular flexibility index (Phi) is 4.81. The molecule has 2 N–H and O–H groups in total. The van der Waals surface area contributed by atoms with E-state index >= 15 is 0 Å². The summed E-state index contributed by atoms with van der Waals surface area (Å²) in [5.74, 6) is -0.0187. The topological polar surface area (TPSA) is 71.0 Å². The van der Waals surface area contributed by atoms with Gasteiger partial charge in [-0.15, -0.1) is 0 Å². The maximum Gasteiger partial charge on any atom is 0.341 e. The molecule has 1 aliphatic heterocycles. The number of esters is 1. The van der Waals surface area contributed by atoms with Gasteiger partial charge in [-0.2, -0.15) is 0 Å². The Morgan fingerprint density at radius 2 is 2.05 bits per heavy atom. The largest absolute Gasteiger partial charge is 0.507 e. The predicted molar refractivity (Wildman–Crippen MR) is 74.1 cm³/mol. The minimum absolute atomic E-state index is 0.132. The molecule has 0 radical (unpaired) electrons. The number of aromatic hydroxyl groups is 1. The summed E-state index contributed by atoms with van der Waals surface area (Å²) < 4.78 is 9.85. The second-order valence-electron chi connectivity index (χ2n) is 4.70. The molecule has 0 aromatic heterocycles. The first-order valence-corrected chi connectivity index (χ1v) is 6.57. The third-order valence-corrected chi connectivity index (χ3v) is 3.41. The maximum absolute atomic E-state index is 11.7. The zero-order valence-electron chi connectivity index (χ0n) is 11.8. The van der Waals surface area contributed by atoms with Crippen molar-refractivity contribution in [2.24, 2.45) is 0 Å². The third-order valence-electron chi connectivity index (χ3n) is 3.41. The van der Waals surface area contributed by atoms with Gasteiger partial charge in [0.15, 0.2) is 0 Å². The van der Waals surface area contributed by atoms with Crippen molar-refractivity contribution in [1.82, 2.24) is 10.2 Å². The van der Waals surface area contributed by atoms with Crippen molar-refractivity contribution in [2.45, 2.75) is 6.54 Å². The highest BCUT2D eigenvalue weighted by Crippen LogP contribution is 2.29. The van der Waals surface area contributed by atoms with Crippen LogP contribution >= 0.6 is 0 Å². The molecule has 0 atom stereocenters. The highest BCUT2D eigenvalue weighted by Gasteiger charge is 2.19. The lowest BCUT2D eigenvalue weighted by molar-refractivity contribution is 0.0597. The standard InChI is InChI=1S/C14H20N2O4/c1-19-13-8-12(17)10(7-11(13)14(18)20-2)9-16-5-3-15-4-6-16/h7-8,15,17H,3-6,9H2,1-2H3. The SMILES string of the molecule is COC(=O)c1cc(CN2CCNCC2)c(O)cc1OC. The third kappa shape index (κ3) is 3.20. The summed E-state index contributed by atoms with van der Waals surface area (Å²) in [7, 11) is 2.78. The minimum Gasteiger partial charge on any atom is -0.507 e. The zero-order chi connectivity index (χ0) is 14.5. The van der Waals surface area contributed by atoms with Crippen molar-refractivity contribution >= 4 is 5.97 Å². The van der Waals surface area contributed by atoms with Crippen LogP contribution in [0.4, 0.5) is 0 Å². The average molecular weight is 280 g/mol. The fourth-order valence-corrected chi connectivity index (χ4v) is 2.29. The molecule has 1 saturated heterocycles. The summed E-state index contributed by atoms with van der Waals surface area (Å²) in [4.78, 5) is 14.0. The van der Waals surface area contributed by atoms with E-state index in [4.69, 9.17) is 9.47 Å². The van der Waals surface area contributed by atoms with Gasteiger partial charge >= 0.3 is 5.97 Å². The van der Waals surface area contributed by atoms with Gasteiger partial charge in [0, 0.05) is 44.4 Å². The Morgan fingerprint density at radius 1 is 1.35 bits per heavy atom. The number of phenolic OH excluding ortho intramolecular Hbond substituents is 1. The van der Waals surface area contributed by atoms with E-state index in [9.17, 15) is 9.90 Å². The molecule has 1 aromatic rings. The van der Waals surface area contributed by atoms with Crippen LogP contribution in [0.1, 0.15) is 15.9 Å². The summed E-state index contributed by atoms with van der Waals surface area (Å²) in [5, 5.41) is 13.3. The van der Waals surface area contributed by atoms with Crippen molar-refractivity contribution in [3.05, 3.63) is 23.3 Å². The molecule has 6 nitrogen and oxygen atoms in total. The summed E-state index contributed by atoms with van der Waals surface area (Å²) in [5.41, 5.74) is 1.03. The van der Waals surface area contributed by atoms with Gasteiger partial charge < -0.3 is 19.9 Å². The highest BCUT2D eigenvalue weighted by molar-refractivity contribution is 5.93. The van der Waals surface area contributed by atoms with E-state index in [1.807, 2.05) is 0 Å². The van der Waals surface area contributed by atoms with Gasteiger partial charge in [0.1, 0.15) is 17.1 Å². The van der Waals surface area contributed by atoms with Gasteiger partial charge in [0.05, 0.1) is 14.2 Å². The van der Waals surface area contributed by atoms with E-state index in [1.165, 1.54) is 20.3 Å². The maximum atomic E-state index is 11.7. The van der Waals surface area contributed by atoms with Crippen LogP contribution in [0.25, 0.3) is 0 Å². The van der Waals surface area contributed by atoms with Crippen molar-refractivity contribution in [3.63, 3.8) is 0 Å². The Morgan fingerprint density at radius 3 is 2.65 bits per heavy atom. The number of piperazine rings is 1. The lowest BCUT2D eigenvalue weighted by Gasteiger charge is -2.27. The van der Waals surface area contributed by atoms with Crippen molar-refractivity contribution in [3.8, 4) is 11.5 Å². The second-order valence-corrected chi connectivity index (χ2v) is 4.70. The van der Waals surface area contributed by atoms with Gasteiger partial charge in [0.25, 0.3) is 0 Å². The van der Waals surface area contributed by atoms with E-state index in [1.54, 1.807) is 6.07 Å². The molecule has 0 unspecified atom stereocenters. The molecule has 1 heterocycles. The van der Waals surface area contributed by atoms with Crippen LogP contribution in [0.3, 0.4) is 0 Å². The number of hydrogen-bond donors (Lipinski definition) is 2. The van der Waals surface area contributed by atoms with Crippen molar-refractivity contribution in [2.75, 3.05) is 40.4 Å². The second kappa shape index (κ2) is 6.58. The number of nitrogens with zero attached hydrogens (tertiary/aromatic N) is 1. The molecule has 1 fully saturated rings. The minimum atomic E-state index is -0.469. The fourth-order valence-electron chi connectivity index (χ4n) is 2.29. The number of benzene rings is 1. The molecule has 0 amide bonds. The van der Waals surface area contributed by atoms with Crippen LogP contribution in [-0.4, -0.2) is 56.4 Å². The normalized spacial score (nSPS) is 15.9. The van der Waals surface area contributed by atoms with E-state index in [-0.39, 0.29) is 5.75 Å². The number of phenols is 1. The number of rotatable bonds is 4. The van der Waals surface area contributed by atoms with Gasteiger partial charge in [-0.3, -0.25) is 4.90 Å². The van der Waals surface area contributed by atoms with Crippen LogP contribution in [0.2, 0.25) is 0 Å². The van der Waals surface area contributed by atoms with E-state index in [2.05, 4.69) is 10.2 Å². The first kappa shape index (κ1) is 14.6. The fraction of sp³-hybridized carbons (Fsp3) is 0.500. The quantitative estimate of drug-likeness (QED) is 0.787. The number of nitrogens with one attached hydrogen (secondary N) is 1. The Balaban J connectivity index is 2.25. The van der Waals surface area contributed by atoms with Gasteiger partial charge in [-0.05, 0) is 6.07 Å². The van der Waals surface area contributed by atoms with E-state index in [0.29, 0.717) is 23.4 Å². The van der Waals surface area contributed by atoms with Crippen LogP contribution in [0, 0.1) is 0 Å². The monoisotopic (exact) mass is 280 g/mol. The van der Waals surface area contributed by atoms with Crippen LogP contribution in [0.5, 0.6) is 11.5 Å². The molecule has 0 spiro atoms. The molecule has 110 valence electrons. The van der Waals surface area contributed by atoms with Crippen LogP contribution < -0.4 is 10.1 Å². The number of ether oxygens (including phenoxy) is 2. The summed E-state index contributed by atoms with van der Waals surface area (Å²) in [6, 6.07) is 3.10. The molecule has 0 bridgehead atoms. The smallest absolute Gasteiger partial charge is 0.341 e. The van der Waals surface area contributed by atoms with Crippen LogP contribution in [-0.2, 0) is 11.3 Å². The van der Waals surface area contributed by atoms with Crippen molar-refractivity contribution < 1.29 is 19.4 Å². The molecule has 1 aromatic carbocycles. The van der Waals surface area contributed by atoms with Gasteiger partial charge in [-0.1, -0.05) is 0 Å². The molecular formula is C14H20N2O4. The molecule has 6 heteroatoms. The van der Waals surface area contributed by atoms with Crippen LogP contribution in [0.15, 0.2) is 12.1 Å². The molecule has 0 aliphatic carbocycles. The predicted octanol–water partition coefficient (Wildman–Crippen LogP) is 0.593. The average Bonchev–Trinajstić information content (AvgIpc) is 2.49. The Labute approximate surface area is 118 Å². The summed E-state index contributed by atoms with van der Waals surface area (Å²) >= 11 is 0. The summed E-state index contributed by atoms with van der Waals surface area (Å²) in [6.07, 6.45) is 0. The van der Waals surface area contributed by atoms with Gasteiger partial charge in [-0.25, -0.2) is 4.79 Å². The van der Waals surface area contributed by atoms with Gasteiger partial charge in [0.2, 0.25) is 0 Å². The number of carbonyl (C=O) groups excluding carboxylic acids is 1. The zero-order valence-corrected chi connectivity index (χ0v) is 11.8. The number of carbonyl (C=O) groups is 1.